The van der Waals surface area contributed by atoms with Crippen LogP contribution in [-0.2, 0) is 11.2 Å². The zero-order valence-electron chi connectivity index (χ0n) is 12.8. The fourth-order valence-electron chi connectivity index (χ4n) is 2.80. The fraction of sp³-hybridized carbons (Fsp3) is 0.643. The van der Waals surface area contributed by atoms with Gasteiger partial charge in [-0.15, -0.1) is 0 Å². The van der Waals surface area contributed by atoms with E-state index in [1.807, 2.05) is 6.92 Å². The number of anilines is 2. The van der Waals surface area contributed by atoms with Crippen molar-refractivity contribution in [2.75, 3.05) is 42.6 Å². The van der Waals surface area contributed by atoms with E-state index in [0.717, 1.165) is 12.1 Å². The Kier molecular flexibility index (Phi) is 4.35. The second kappa shape index (κ2) is 6.26. The van der Waals surface area contributed by atoms with E-state index in [4.69, 9.17) is 16.3 Å². The number of nitrogens with one attached hydrogen (secondary N) is 1. The minimum Gasteiger partial charge on any atom is -0.377 e. The second-order valence-electron chi connectivity index (χ2n) is 5.47. The molecule has 0 saturated carbocycles. The summed E-state index contributed by atoms with van der Waals surface area (Å²) in [6.07, 6.45) is 0.685. The molecule has 8 heteroatoms. The highest BCUT2D eigenvalue weighted by molar-refractivity contribution is 6.30. The van der Waals surface area contributed by atoms with Crippen molar-refractivity contribution in [2.24, 2.45) is 0 Å². The molecule has 0 unspecified atom stereocenters. The molecule has 1 saturated heterocycles. The maximum absolute atomic E-state index is 12.1. The standard InChI is InChI=1S/C14H20ClN5O2/c1-3-16-14(21)20-5-4-10-11(15)17-13(18-12(10)20)19-6-7-22-8-9(19)2/h9H,3-8H2,1-2H3,(H,16,21)/t9-/m1/s1. The third-order valence-electron chi connectivity index (χ3n) is 3.96. The van der Waals surface area contributed by atoms with Crippen LogP contribution in [0.3, 0.4) is 0 Å². The summed E-state index contributed by atoms with van der Waals surface area (Å²) < 4.78 is 5.44. The van der Waals surface area contributed by atoms with Crippen LogP contribution in [0.2, 0.25) is 5.15 Å². The number of carbonyl (C=O) groups is 1. The van der Waals surface area contributed by atoms with Gasteiger partial charge in [0.05, 0.1) is 19.3 Å². The zero-order chi connectivity index (χ0) is 15.7. The predicted octanol–water partition coefficient (Wildman–Crippen LogP) is 1.45. The first kappa shape index (κ1) is 15.3. The molecule has 0 bridgehead atoms. The molecule has 7 nitrogen and oxygen atoms in total. The van der Waals surface area contributed by atoms with Gasteiger partial charge in [0.2, 0.25) is 5.95 Å². The maximum atomic E-state index is 12.1. The molecule has 2 aliphatic heterocycles. The van der Waals surface area contributed by atoms with E-state index >= 15 is 0 Å². The summed E-state index contributed by atoms with van der Waals surface area (Å²) in [5.41, 5.74) is 0.845. The zero-order valence-corrected chi connectivity index (χ0v) is 13.6. The molecule has 1 aromatic heterocycles. The lowest BCUT2D eigenvalue weighted by molar-refractivity contribution is 0.0981. The first-order valence-corrected chi connectivity index (χ1v) is 7.95. The van der Waals surface area contributed by atoms with Gasteiger partial charge in [-0.1, -0.05) is 11.6 Å². The van der Waals surface area contributed by atoms with Gasteiger partial charge in [-0.05, 0) is 20.3 Å². The number of fused-ring (bicyclic) bond motifs is 1. The molecule has 2 amide bonds. The SMILES string of the molecule is CCNC(=O)N1CCc2c(Cl)nc(N3CCOC[C@H]3C)nc21. The smallest absolute Gasteiger partial charge is 0.323 e. The van der Waals surface area contributed by atoms with Crippen LogP contribution >= 0.6 is 11.6 Å². The van der Waals surface area contributed by atoms with E-state index < -0.39 is 0 Å². The highest BCUT2D eigenvalue weighted by atomic mass is 35.5. The van der Waals surface area contributed by atoms with Crippen molar-refractivity contribution in [1.29, 1.82) is 0 Å². The number of rotatable bonds is 2. The molecule has 2 aliphatic rings. The average molecular weight is 326 g/mol. The van der Waals surface area contributed by atoms with Crippen LogP contribution in [0.1, 0.15) is 19.4 Å². The molecule has 0 aromatic carbocycles. The van der Waals surface area contributed by atoms with Crippen molar-refractivity contribution in [3.05, 3.63) is 10.7 Å². The summed E-state index contributed by atoms with van der Waals surface area (Å²) >= 11 is 6.32. The Hall–Kier alpha value is -1.60. The molecular formula is C14H20ClN5O2. The molecule has 120 valence electrons. The number of morpholine rings is 1. The third-order valence-corrected chi connectivity index (χ3v) is 4.27. The Bertz CT molecular complexity index is 583. The molecule has 3 heterocycles. The number of halogens is 1. The van der Waals surface area contributed by atoms with Crippen LogP contribution in [0.25, 0.3) is 0 Å². The van der Waals surface area contributed by atoms with Crippen molar-refractivity contribution >= 4 is 29.4 Å². The molecule has 3 rings (SSSR count). The van der Waals surface area contributed by atoms with Crippen molar-refractivity contribution in [3.63, 3.8) is 0 Å². The number of hydrogen-bond donors (Lipinski definition) is 1. The molecule has 1 aromatic rings. The second-order valence-corrected chi connectivity index (χ2v) is 5.83. The van der Waals surface area contributed by atoms with E-state index in [0.29, 0.717) is 49.6 Å². The number of amides is 2. The quantitative estimate of drug-likeness (QED) is 0.833. The van der Waals surface area contributed by atoms with E-state index in [1.165, 1.54) is 0 Å². The van der Waals surface area contributed by atoms with Crippen molar-refractivity contribution < 1.29 is 9.53 Å². The summed E-state index contributed by atoms with van der Waals surface area (Å²) in [7, 11) is 0. The van der Waals surface area contributed by atoms with Gasteiger partial charge < -0.3 is 15.0 Å². The lowest BCUT2D eigenvalue weighted by Crippen LogP contribution is -2.45. The van der Waals surface area contributed by atoms with Gasteiger partial charge in [0, 0.05) is 25.2 Å². The number of carbonyl (C=O) groups excluding carboxylic acids is 1. The Balaban J connectivity index is 1.93. The minimum atomic E-state index is -0.142. The highest BCUT2D eigenvalue weighted by Gasteiger charge is 2.31. The van der Waals surface area contributed by atoms with Crippen molar-refractivity contribution in [2.45, 2.75) is 26.3 Å². The number of aromatic nitrogens is 2. The van der Waals surface area contributed by atoms with Crippen LogP contribution in [0, 0.1) is 0 Å². The van der Waals surface area contributed by atoms with Gasteiger partial charge in [-0.3, -0.25) is 4.90 Å². The number of nitrogens with zero attached hydrogens (tertiary/aromatic N) is 4. The van der Waals surface area contributed by atoms with Gasteiger partial charge >= 0.3 is 6.03 Å². The number of ether oxygens (including phenoxy) is 1. The summed E-state index contributed by atoms with van der Waals surface area (Å²) in [5.74, 6) is 1.19. The molecule has 0 spiro atoms. The number of hydrogen-bond acceptors (Lipinski definition) is 5. The monoisotopic (exact) mass is 325 g/mol. The Labute approximate surface area is 134 Å². The minimum absolute atomic E-state index is 0.142. The van der Waals surface area contributed by atoms with Gasteiger partial charge in [-0.25, -0.2) is 9.78 Å². The maximum Gasteiger partial charge on any atom is 0.323 e. The lowest BCUT2D eigenvalue weighted by atomic mass is 10.2. The van der Waals surface area contributed by atoms with Gasteiger partial charge in [0.1, 0.15) is 11.0 Å². The fourth-order valence-corrected chi connectivity index (χ4v) is 3.05. The normalized spacial score (nSPS) is 21.0. The van der Waals surface area contributed by atoms with Gasteiger partial charge in [0.15, 0.2) is 0 Å². The van der Waals surface area contributed by atoms with E-state index in [2.05, 4.69) is 27.1 Å². The van der Waals surface area contributed by atoms with Gasteiger partial charge in [-0.2, -0.15) is 4.98 Å². The molecular weight excluding hydrogens is 306 g/mol. The van der Waals surface area contributed by atoms with Gasteiger partial charge in [0.25, 0.3) is 0 Å². The Morgan fingerprint density at radius 2 is 2.27 bits per heavy atom. The molecule has 22 heavy (non-hydrogen) atoms. The molecule has 0 radical (unpaired) electrons. The lowest BCUT2D eigenvalue weighted by Gasteiger charge is -2.33. The summed E-state index contributed by atoms with van der Waals surface area (Å²) in [6, 6.07) is 0.0409. The van der Waals surface area contributed by atoms with Crippen molar-refractivity contribution in [1.82, 2.24) is 15.3 Å². The average Bonchev–Trinajstić information content (AvgIpc) is 2.92. The molecule has 0 aliphatic carbocycles. The van der Waals surface area contributed by atoms with Crippen LogP contribution < -0.4 is 15.1 Å². The third kappa shape index (κ3) is 2.70. The Morgan fingerprint density at radius 3 is 3.00 bits per heavy atom. The van der Waals surface area contributed by atoms with Crippen LogP contribution in [-0.4, -0.2) is 54.9 Å². The summed E-state index contributed by atoms with van der Waals surface area (Å²) in [4.78, 5) is 24.9. The molecule has 1 N–H and O–H groups in total. The Morgan fingerprint density at radius 1 is 1.45 bits per heavy atom. The summed E-state index contributed by atoms with van der Waals surface area (Å²) in [6.45, 7) is 7.11. The molecule has 1 fully saturated rings. The van der Waals surface area contributed by atoms with E-state index in [1.54, 1.807) is 4.90 Å². The van der Waals surface area contributed by atoms with Crippen LogP contribution in [0.5, 0.6) is 0 Å². The topological polar surface area (TPSA) is 70.6 Å². The number of urea groups is 1. The van der Waals surface area contributed by atoms with Crippen LogP contribution in [0.4, 0.5) is 16.6 Å². The largest absolute Gasteiger partial charge is 0.377 e. The van der Waals surface area contributed by atoms with E-state index in [-0.39, 0.29) is 12.1 Å². The summed E-state index contributed by atoms with van der Waals surface area (Å²) in [5, 5.41) is 3.24. The molecule has 1 atom stereocenters. The first-order chi connectivity index (χ1) is 10.6. The first-order valence-electron chi connectivity index (χ1n) is 7.58. The van der Waals surface area contributed by atoms with E-state index in [9.17, 15) is 4.79 Å². The van der Waals surface area contributed by atoms with Crippen molar-refractivity contribution in [3.8, 4) is 0 Å². The predicted molar refractivity (Wildman–Crippen MR) is 84.8 cm³/mol. The van der Waals surface area contributed by atoms with Crippen LogP contribution in [0.15, 0.2) is 0 Å². The highest BCUT2D eigenvalue weighted by Crippen LogP contribution is 2.33.